The molecular formula is C19H23N3O3. The molecule has 1 aromatic heterocycles. The highest BCUT2D eigenvalue weighted by Gasteiger charge is 2.33. The molecule has 0 saturated carbocycles. The Kier molecular flexibility index (Phi) is 5.51. The van der Waals surface area contributed by atoms with E-state index in [0.717, 1.165) is 5.56 Å². The number of carboxylic acid groups (broad SMARTS) is 1. The number of nitrogens with zero attached hydrogens (tertiary/aromatic N) is 2. The first-order valence-corrected chi connectivity index (χ1v) is 8.16. The van der Waals surface area contributed by atoms with Gasteiger partial charge in [0.2, 0.25) is 0 Å². The molecule has 0 aliphatic heterocycles. The van der Waals surface area contributed by atoms with E-state index >= 15 is 0 Å². The summed E-state index contributed by atoms with van der Waals surface area (Å²) in [5.74, 6) is -0.817. The molecule has 0 bridgehead atoms. The maximum absolute atomic E-state index is 12.6. The quantitative estimate of drug-likeness (QED) is 0.842. The van der Waals surface area contributed by atoms with Crippen molar-refractivity contribution in [1.82, 2.24) is 15.3 Å². The normalized spacial score (nSPS) is 13.3. The molecule has 2 N–H and O–H groups in total. The van der Waals surface area contributed by atoms with E-state index in [-0.39, 0.29) is 18.2 Å². The third kappa shape index (κ3) is 4.41. The van der Waals surface area contributed by atoms with Crippen LogP contribution in [-0.2, 0) is 4.79 Å². The topological polar surface area (TPSA) is 92.2 Å². The monoisotopic (exact) mass is 341 g/mol. The van der Waals surface area contributed by atoms with E-state index in [9.17, 15) is 9.59 Å². The number of nitrogens with one attached hydrogen (secondary N) is 1. The minimum absolute atomic E-state index is 0.0441. The first kappa shape index (κ1) is 18.6. The van der Waals surface area contributed by atoms with Crippen LogP contribution in [0.25, 0.3) is 11.4 Å². The molecule has 2 rings (SSSR count). The number of benzene rings is 1. The maximum Gasteiger partial charge on any atom is 0.305 e. The van der Waals surface area contributed by atoms with Crippen molar-refractivity contribution in [1.29, 1.82) is 0 Å². The Labute approximate surface area is 147 Å². The van der Waals surface area contributed by atoms with Crippen molar-refractivity contribution in [3.8, 4) is 11.4 Å². The Hall–Kier alpha value is -2.76. The van der Waals surface area contributed by atoms with Gasteiger partial charge in [-0.25, -0.2) is 9.97 Å². The average molecular weight is 341 g/mol. The number of rotatable bonds is 6. The summed E-state index contributed by atoms with van der Waals surface area (Å²) < 4.78 is 0. The van der Waals surface area contributed by atoms with Crippen molar-refractivity contribution < 1.29 is 14.7 Å². The van der Waals surface area contributed by atoms with Crippen LogP contribution in [0.5, 0.6) is 0 Å². The SMILES string of the molecule is Cc1nc(-c2ccccc2)ncc1C(=O)NC(C)(CC(=O)O)C(C)C. The van der Waals surface area contributed by atoms with Crippen molar-refractivity contribution in [2.24, 2.45) is 5.92 Å². The Balaban J connectivity index is 2.26. The lowest BCUT2D eigenvalue weighted by Crippen LogP contribution is -2.51. The van der Waals surface area contributed by atoms with Crippen LogP contribution >= 0.6 is 0 Å². The lowest BCUT2D eigenvalue weighted by atomic mass is 9.85. The van der Waals surface area contributed by atoms with E-state index in [1.807, 2.05) is 44.2 Å². The van der Waals surface area contributed by atoms with Crippen molar-refractivity contribution in [3.63, 3.8) is 0 Å². The predicted molar refractivity (Wildman–Crippen MR) is 95.2 cm³/mol. The van der Waals surface area contributed by atoms with E-state index in [1.54, 1.807) is 13.8 Å². The number of amides is 1. The second-order valence-electron chi connectivity index (χ2n) is 6.66. The summed E-state index contributed by atoms with van der Waals surface area (Å²) in [4.78, 5) is 32.5. The van der Waals surface area contributed by atoms with Gasteiger partial charge < -0.3 is 10.4 Å². The zero-order valence-corrected chi connectivity index (χ0v) is 14.9. The van der Waals surface area contributed by atoms with Gasteiger partial charge in [0.15, 0.2) is 5.82 Å². The molecule has 0 aliphatic carbocycles. The lowest BCUT2D eigenvalue weighted by Gasteiger charge is -2.33. The molecule has 132 valence electrons. The Bertz CT molecular complexity index is 775. The second-order valence-corrected chi connectivity index (χ2v) is 6.66. The molecular weight excluding hydrogens is 318 g/mol. The fraction of sp³-hybridized carbons (Fsp3) is 0.368. The van der Waals surface area contributed by atoms with Gasteiger partial charge in [0.05, 0.1) is 23.2 Å². The predicted octanol–water partition coefficient (Wildman–Crippen LogP) is 3.07. The van der Waals surface area contributed by atoms with Gasteiger partial charge in [-0.1, -0.05) is 44.2 Å². The van der Waals surface area contributed by atoms with Crippen molar-refractivity contribution in [3.05, 3.63) is 47.8 Å². The molecule has 2 aromatic rings. The molecule has 0 fully saturated rings. The molecule has 6 nitrogen and oxygen atoms in total. The second kappa shape index (κ2) is 7.42. The third-order valence-electron chi connectivity index (χ3n) is 4.45. The number of hydrogen-bond donors (Lipinski definition) is 2. The number of hydrogen-bond acceptors (Lipinski definition) is 4. The summed E-state index contributed by atoms with van der Waals surface area (Å²) in [6, 6.07) is 9.50. The van der Waals surface area contributed by atoms with Crippen LogP contribution in [0.3, 0.4) is 0 Å². The van der Waals surface area contributed by atoms with Crippen LogP contribution in [0, 0.1) is 12.8 Å². The standard InChI is InChI=1S/C19H23N3O3/c1-12(2)19(4,10-16(23)24)22-18(25)15-11-20-17(21-13(15)3)14-8-6-5-7-9-14/h5-9,11-12H,10H2,1-4H3,(H,22,25)(H,23,24). The van der Waals surface area contributed by atoms with Crippen LogP contribution in [0.2, 0.25) is 0 Å². The van der Waals surface area contributed by atoms with Crippen molar-refractivity contribution in [2.75, 3.05) is 0 Å². The molecule has 0 spiro atoms. The number of carboxylic acids is 1. The lowest BCUT2D eigenvalue weighted by molar-refractivity contribution is -0.138. The van der Waals surface area contributed by atoms with Gasteiger partial charge in [-0.3, -0.25) is 9.59 Å². The molecule has 1 heterocycles. The smallest absolute Gasteiger partial charge is 0.305 e. The Morgan fingerprint density at radius 2 is 1.88 bits per heavy atom. The van der Waals surface area contributed by atoms with E-state index in [4.69, 9.17) is 5.11 Å². The first-order chi connectivity index (χ1) is 11.7. The van der Waals surface area contributed by atoms with Gasteiger partial charge in [-0.15, -0.1) is 0 Å². The zero-order valence-electron chi connectivity index (χ0n) is 14.9. The van der Waals surface area contributed by atoms with Crippen molar-refractivity contribution in [2.45, 2.75) is 39.7 Å². The van der Waals surface area contributed by atoms with Crippen LogP contribution in [0.4, 0.5) is 0 Å². The fourth-order valence-electron chi connectivity index (χ4n) is 2.45. The molecule has 25 heavy (non-hydrogen) atoms. The number of carbonyl (C=O) groups excluding carboxylic acids is 1. The summed E-state index contributed by atoms with van der Waals surface area (Å²) in [6.45, 7) is 7.24. The first-order valence-electron chi connectivity index (χ1n) is 8.16. The highest BCUT2D eigenvalue weighted by atomic mass is 16.4. The fourth-order valence-corrected chi connectivity index (χ4v) is 2.45. The van der Waals surface area contributed by atoms with E-state index in [2.05, 4.69) is 15.3 Å². The van der Waals surface area contributed by atoms with Gasteiger partial charge in [0.1, 0.15) is 0 Å². The number of carbonyl (C=O) groups is 2. The minimum atomic E-state index is -0.955. The molecule has 1 unspecified atom stereocenters. The Morgan fingerprint density at radius 1 is 1.24 bits per heavy atom. The van der Waals surface area contributed by atoms with Gasteiger partial charge in [0.25, 0.3) is 5.91 Å². The van der Waals surface area contributed by atoms with Crippen LogP contribution in [-0.4, -0.2) is 32.5 Å². The van der Waals surface area contributed by atoms with Gasteiger partial charge in [-0.2, -0.15) is 0 Å². The highest BCUT2D eigenvalue weighted by Crippen LogP contribution is 2.22. The molecule has 6 heteroatoms. The zero-order chi connectivity index (χ0) is 18.6. The van der Waals surface area contributed by atoms with Gasteiger partial charge in [0, 0.05) is 11.8 Å². The van der Waals surface area contributed by atoms with Gasteiger partial charge >= 0.3 is 5.97 Å². The molecule has 0 saturated heterocycles. The summed E-state index contributed by atoms with van der Waals surface area (Å²) in [6.07, 6.45) is 1.33. The van der Waals surface area contributed by atoms with Crippen LogP contribution < -0.4 is 5.32 Å². The van der Waals surface area contributed by atoms with Gasteiger partial charge in [-0.05, 0) is 19.8 Å². The molecule has 0 radical (unpaired) electrons. The largest absolute Gasteiger partial charge is 0.481 e. The Morgan fingerprint density at radius 3 is 2.40 bits per heavy atom. The van der Waals surface area contributed by atoms with Crippen molar-refractivity contribution >= 4 is 11.9 Å². The van der Waals surface area contributed by atoms with E-state index in [1.165, 1.54) is 6.20 Å². The minimum Gasteiger partial charge on any atom is -0.481 e. The summed E-state index contributed by atoms with van der Waals surface area (Å²) in [7, 11) is 0. The molecule has 1 atom stereocenters. The average Bonchev–Trinajstić information content (AvgIpc) is 2.54. The van der Waals surface area contributed by atoms with E-state index in [0.29, 0.717) is 17.1 Å². The van der Waals surface area contributed by atoms with E-state index < -0.39 is 11.5 Å². The molecule has 1 amide bonds. The number of aryl methyl sites for hydroxylation is 1. The molecule has 1 aromatic carbocycles. The summed E-state index contributed by atoms with van der Waals surface area (Å²) in [5.41, 5.74) is 0.910. The van der Waals surface area contributed by atoms with Crippen LogP contribution in [0.15, 0.2) is 36.5 Å². The summed E-state index contributed by atoms with van der Waals surface area (Å²) >= 11 is 0. The number of aliphatic carboxylic acids is 1. The summed E-state index contributed by atoms with van der Waals surface area (Å²) in [5, 5.41) is 12.0. The molecule has 0 aliphatic rings. The van der Waals surface area contributed by atoms with Crippen LogP contribution in [0.1, 0.15) is 43.2 Å². The third-order valence-corrected chi connectivity index (χ3v) is 4.45. The number of aromatic nitrogens is 2. The highest BCUT2D eigenvalue weighted by molar-refractivity contribution is 5.95. The maximum atomic E-state index is 12.6.